The maximum absolute atomic E-state index is 14.3. The minimum Gasteiger partial charge on any atom is -0.493 e. The molecule has 2 bridgehead atoms. The van der Waals surface area contributed by atoms with E-state index in [1.165, 1.54) is 7.11 Å². The van der Waals surface area contributed by atoms with Gasteiger partial charge in [-0.1, -0.05) is 31.4 Å². The van der Waals surface area contributed by atoms with Crippen LogP contribution in [0.4, 0.5) is 4.79 Å². The summed E-state index contributed by atoms with van der Waals surface area (Å²) in [5, 5.41) is 3.90. The fourth-order valence-corrected chi connectivity index (χ4v) is 7.82. The van der Waals surface area contributed by atoms with Crippen LogP contribution in [0.25, 0.3) is 10.9 Å². The van der Waals surface area contributed by atoms with Crippen LogP contribution in [0, 0.1) is 11.8 Å². The van der Waals surface area contributed by atoms with Gasteiger partial charge in [0.15, 0.2) is 0 Å². The largest absolute Gasteiger partial charge is 0.493 e. The Balaban J connectivity index is 1.38. The molecule has 5 atom stereocenters. The summed E-state index contributed by atoms with van der Waals surface area (Å²) < 4.78 is 24.0. The number of nitrogens with zero attached hydrogens (tertiary/aromatic N) is 2. The van der Waals surface area contributed by atoms with Gasteiger partial charge < -0.3 is 29.2 Å². The standard InChI is InChI=1S/C34H45N3O7/c1-3-42-30-24-15-8-9-17-26(24)35-31-25(30)16-7-6-11-21-14-10-18-28(21)44-34(40)36-29(22-12-4-5-13-22)32(38)37-20-23(43-31)19-27(37)33(39)41-2/h8-9,15,17,21-23,27-29H,3-7,10-14,16,18-20H2,1-2H3,(H,36,40)/t21-,23-,27+,28?,29+/m1/s1. The van der Waals surface area contributed by atoms with Crippen LogP contribution in [0.1, 0.15) is 83.1 Å². The second kappa shape index (κ2) is 13.6. The zero-order valence-electron chi connectivity index (χ0n) is 25.9. The Bertz CT molecular complexity index is 1360. The van der Waals surface area contributed by atoms with Crippen LogP contribution < -0.4 is 14.8 Å². The number of ether oxygens (including phenoxy) is 4. The molecule has 3 heterocycles. The smallest absolute Gasteiger partial charge is 0.408 e. The Morgan fingerprint density at radius 1 is 1.00 bits per heavy atom. The van der Waals surface area contributed by atoms with Crippen molar-refractivity contribution in [1.29, 1.82) is 0 Å². The lowest BCUT2D eigenvalue weighted by molar-refractivity contribution is -0.152. The number of pyridine rings is 1. The molecule has 1 saturated heterocycles. The third kappa shape index (κ3) is 6.31. The average molecular weight is 608 g/mol. The first-order chi connectivity index (χ1) is 21.5. The summed E-state index contributed by atoms with van der Waals surface area (Å²) in [6.07, 6.45) is 9.16. The van der Waals surface area contributed by atoms with E-state index in [0.717, 1.165) is 86.4 Å². The molecule has 10 nitrogen and oxygen atoms in total. The normalized spacial score (nSPS) is 28.4. The fraction of sp³-hybridized carbons (Fsp3) is 0.647. The van der Waals surface area contributed by atoms with Crippen LogP contribution in [-0.4, -0.2) is 72.4 Å². The number of rotatable bonds is 4. The number of nitrogens with one attached hydrogen (secondary N) is 1. The van der Waals surface area contributed by atoms with Gasteiger partial charge in [-0.25, -0.2) is 14.6 Å². The number of alkyl carbamates (subject to hydrolysis) is 1. The van der Waals surface area contributed by atoms with Crippen molar-refractivity contribution in [2.75, 3.05) is 20.3 Å². The number of carbonyl (C=O) groups is 3. The van der Waals surface area contributed by atoms with E-state index in [4.69, 9.17) is 23.9 Å². The van der Waals surface area contributed by atoms with Crippen molar-refractivity contribution in [1.82, 2.24) is 15.2 Å². The second-order valence-electron chi connectivity index (χ2n) is 12.7. The topological polar surface area (TPSA) is 116 Å². The molecule has 3 fully saturated rings. The SMILES string of the molecule is CCOc1c2c(nc3ccccc13)O[C@@H]1C[C@@H](C(=O)OC)N(C1)C(=O)[C@H](C1CCCC1)NC(=O)OC1CCC[C@H]1CCCC2. The van der Waals surface area contributed by atoms with E-state index in [1.54, 1.807) is 4.90 Å². The van der Waals surface area contributed by atoms with Gasteiger partial charge in [-0.2, -0.15) is 0 Å². The third-order valence-corrected chi connectivity index (χ3v) is 10.00. The van der Waals surface area contributed by atoms with Crippen molar-refractivity contribution < 1.29 is 33.3 Å². The first-order valence-electron chi connectivity index (χ1n) is 16.5. The Morgan fingerprint density at radius 3 is 2.55 bits per heavy atom. The third-order valence-electron chi connectivity index (χ3n) is 10.00. The van der Waals surface area contributed by atoms with Crippen molar-refractivity contribution in [3.8, 4) is 11.6 Å². The zero-order valence-corrected chi connectivity index (χ0v) is 25.9. The summed E-state index contributed by atoms with van der Waals surface area (Å²) in [6.45, 7) is 2.65. The summed E-state index contributed by atoms with van der Waals surface area (Å²) in [5.74, 6) is 0.753. The number of esters is 1. The Kier molecular flexibility index (Phi) is 9.42. The summed E-state index contributed by atoms with van der Waals surface area (Å²) in [6, 6.07) is 6.29. The van der Waals surface area contributed by atoms with Crippen molar-refractivity contribution in [2.24, 2.45) is 11.8 Å². The number of methoxy groups -OCH3 is 1. The monoisotopic (exact) mass is 607 g/mol. The van der Waals surface area contributed by atoms with Gasteiger partial charge in [0.05, 0.1) is 31.3 Å². The van der Waals surface area contributed by atoms with E-state index in [9.17, 15) is 14.4 Å². The molecule has 2 aromatic rings. The maximum atomic E-state index is 14.3. The molecule has 2 amide bonds. The van der Waals surface area contributed by atoms with E-state index in [0.29, 0.717) is 18.9 Å². The fourth-order valence-electron chi connectivity index (χ4n) is 7.82. The van der Waals surface area contributed by atoms with Gasteiger partial charge in [0.25, 0.3) is 0 Å². The molecular formula is C34H45N3O7. The molecule has 2 saturated carbocycles. The molecule has 4 aliphatic rings. The van der Waals surface area contributed by atoms with Crippen molar-refractivity contribution >= 4 is 28.9 Å². The van der Waals surface area contributed by atoms with Gasteiger partial charge in [0.2, 0.25) is 11.8 Å². The van der Waals surface area contributed by atoms with Crippen LogP contribution in [0.2, 0.25) is 0 Å². The van der Waals surface area contributed by atoms with Crippen molar-refractivity contribution in [3.63, 3.8) is 0 Å². The van der Waals surface area contributed by atoms with Crippen LogP contribution >= 0.6 is 0 Å². The van der Waals surface area contributed by atoms with Gasteiger partial charge in [-0.05, 0) is 82.3 Å². The molecule has 44 heavy (non-hydrogen) atoms. The average Bonchev–Trinajstić information content (AvgIpc) is 3.80. The van der Waals surface area contributed by atoms with Crippen LogP contribution in [0.3, 0.4) is 0 Å². The minimum absolute atomic E-state index is 0.0164. The highest BCUT2D eigenvalue weighted by Crippen LogP contribution is 2.39. The highest BCUT2D eigenvalue weighted by atomic mass is 16.6. The molecule has 6 rings (SSSR count). The van der Waals surface area contributed by atoms with Gasteiger partial charge in [0.1, 0.15) is 30.0 Å². The number of fused-ring (bicyclic) bond motifs is 5. The van der Waals surface area contributed by atoms with Gasteiger partial charge >= 0.3 is 12.1 Å². The Morgan fingerprint density at radius 2 is 1.75 bits per heavy atom. The van der Waals surface area contributed by atoms with E-state index in [2.05, 4.69) is 5.32 Å². The highest BCUT2D eigenvalue weighted by Gasteiger charge is 2.46. The molecule has 1 aromatic heterocycles. The van der Waals surface area contributed by atoms with E-state index < -0.39 is 30.3 Å². The van der Waals surface area contributed by atoms with Gasteiger partial charge in [-0.3, -0.25) is 4.79 Å². The molecule has 10 heteroatoms. The van der Waals surface area contributed by atoms with E-state index in [1.807, 2.05) is 31.2 Å². The molecule has 1 unspecified atom stereocenters. The number of hydrogen-bond acceptors (Lipinski definition) is 8. The quantitative estimate of drug-likeness (QED) is 0.464. The zero-order chi connectivity index (χ0) is 30.6. The van der Waals surface area contributed by atoms with Crippen LogP contribution in [0.15, 0.2) is 24.3 Å². The lowest BCUT2D eigenvalue weighted by Crippen LogP contribution is -2.55. The summed E-state index contributed by atoms with van der Waals surface area (Å²) in [7, 11) is 1.33. The summed E-state index contributed by atoms with van der Waals surface area (Å²) in [4.78, 5) is 47.1. The van der Waals surface area contributed by atoms with Gasteiger partial charge in [0, 0.05) is 11.8 Å². The van der Waals surface area contributed by atoms with Crippen LogP contribution in [-0.2, 0) is 25.5 Å². The first-order valence-corrected chi connectivity index (χ1v) is 16.5. The molecular weight excluding hydrogens is 562 g/mol. The molecule has 1 N–H and O–H groups in total. The predicted molar refractivity (Wildman–Crippen MR) is 164 cm³/mol. The number of aromatic nitrogens is 1. The molecule has 0 spiro atoms. The summed E-state index contributed by atoms with van der Waals surface area (Å²) in [5.41, 5.74) is 1.68. The number of benzene rings is 1. The van der Waals surface area contributed by atoms with E-state index in [-0.39, 0.29) is 36.8 Å². The Hall–Kier alpha value is -3.56. The molecule has 0 radical (unpaired) electrons. The molecule has 2 aliphatic carbocycles. The number of carbonyl (C=O) groups excluding carboxylic acids is 3. The van der Waals surface area contributed by atoms with Gasteiger partial charge in [-0.15, -0.1) is 0 Å². The number of para-hydroxylation sites is 1. The van der Waals surface area contributed by atoms with Crippen molar-refractivity contribution in [3.05, 3.63) is 29.8 Å². The Labute approximate surface area is 259 Å². The lowest BCUT2D eigenvalue weighted by atomic mass is 9.96. The summed E-state index contributed by atoms with van der Waals surface area (Å²) >= 11 is 0. The maximum Gasteiger partial charge on any atom is 0.408 e. The second-order valence-corrected chi connectivity index (χ2v) is 12.7. The number of hydrogen-bond donors (Lipinski definition) is 1. The van der Waals surface area contributed by atoms with Crippen LogP contribution in [0.5, 0.6) is 11.6 Å². The minimum atomic E-state index is -0.826. The predicted octanol–water partition coefficient (Wildman–Crippen LogP) is 5.33. The molecule has 1 aromatic carbocycles. The number of amides is 2. The highest BCUT2D eigenvalue weighted by molar-refractivity contribution is 5.91. The lowest BCUT2D eigenvalue weighted by Gasteiger charge is -2.31. The molecule has 238 valence electrons. The molecule has 2 aliphatic heterocycles. The van der Waals surface area contributed by atoms with Crippen molar-refractivity contribution in [2.45, 2.75) is 108 Å². The van der Waals surface area contributed by atoms with E-state index >= 15 is 0 Å². The first kappa shape index (κ1) is 30.5.